The Hall–Kier alpha value is -2.34. The summed E-state index contributed by atoms with van der Waals surface area (Å²) in [5.74, 6) is 0.215. The first-order chi connectivity index (χ1) is 11.1. The van der Waals surface area contributed by atoms with Gasteiger partial charge in [-0.05, 0) is 24.4 Å². The van der Waals surface area contributed by atoms with Gasteiger partial charge in [0, 0.05) is 34.7 Å². The number of nitrogens with one attached hydrogen (secondary N) is 3. The van der Waals surface area contributed by atoms with Gasteiger partial charge in [-0.2, -0.15) is 0 Å². The molecule has 2 heterocycles. The number of fused-ring (bicyclic) bond motifs is 1. The van der Waals surface area contributed by atoms with Gasteiger partial charge in [0.25, 0.3) is 0 Å². The number of urea groups is 1. The molecule has 3 rings (SSSR count). The lowest BCUT2D eigenvalue weighted by atomic mass is 10.2. The van der Waals surface area contributed by atoms with Gasteiger partial charge in [0.15, 0.2) is 0 Å². The number of aromatic nitrogens is 2. The number of hydrogen-bond donors (Lipinski definition) is 3. The highest BCUT2D eigenvalue weighted by atomic mass is 32.1. The Morgan fingerprint density at radius 3 is 2.91 bits per heavy atom. The zero-order valence-corrected chi connectivity index (χ0v) is 14.0. The summed E-state index contributed by atoms with van der Waals surface area (Å²) in [5, 5.41) is 7.98. The second kappa shape index (κ2) is 6.83. The quantitative estimate of drug-likeness (QED) is 0.670. The minimum Gasteiger partial charge on any atom is -0.357 e. The van der Waals surface area contributed by atoms with Crippen LogP contribution in [0, 0.1) is 6.92 Å². The van der Waals surface area contributed by atoms with E-state index in [-0.39, 0.29) is 11.9 Å². The van der Waals surface area contributed by atoms with E-state index in [0.29, 0.717) is 13.1 Å². The molecule has 0 aliphatic rings. The number of nitrogens with zero attached hydrogens (tertiary/aromatic N) is 1. The molecule has 1 atom stereocenters. The van der Waals surface area contributed by atoms with Crippen LogP contribution in [0.25, 0.3) is 10.9 Å². The van der Waals surface area contributed by atoms with Crippen LogP contribution >= 0.6 is 11.3 Å². The van der Waals surface area contributed by atoms with Crippen molar-refractivity contribution < 1.29 is 4.79 Å². The van der Waals surface area contributed by atoms with Crippen LogP contribution in [0.1, 0.15) is 28.4 Å². The largest absolute Gasteiger partial charge is 0.357 e. The number of amides is 2. The van der Waals surface area contributed by atoms with E-state index in [1.54, 1.807) is 11.3 Å². The minimum atomic E-state index is -0.163. The summed E-state index contributed by atoms with van der Waals surface area (Å²) in [7, 11) is 0. The number of hydrogen-bond acceptors (Lipinski definition) is 3. The fourth-order valence-corrected chi connectivity index (χ4v) is 3.23. The van der Waals surface area contributed by atoms with Gasteiger partial charge in [0.1, 0.15) is 0 Å². The Labute approximate surface area is 139 Å². The molecule has 120 valence electrons. The first-order valence-corrected chi connectivity index (χ1v) is 8.44. The SMILES string of the molecule is Cc1cnc([C@H](C)CNC(=O)NCc2cc3ccccc3[nH]2)s1. The second-order valence-electron chi connectivity index (χ2n) is 5.66. The summed E-state index contributed by atoms with van der Waals surface area (Å²) in [6.07, 6.45) is 1.87. The van der Waals surface area contributed by atoms with E-state index in [9.17, 15) is 4.79 Å². The number of para-hydroxylation sites is 1. The topological polar surface area (TPSA) is 69.8 Å². The van der Waals surface area contributed by atoms with Crippen molar-refractivity contribution >= 4 is 28.3 Å². The lowest BCUT2D eigenvalue weighted by Gasteiger charge is -2.10. The summed E-state index contributed by atoms with van der Waals surface area (Å²) >= 11 is 1.67. The van der Waals surface area contributed by atoms with Crippen LogP contribution in [-0.2, 0) is 6.54 Å². The monoisotopic (exact) mass is 328 g/mol. The van der Waals surface area contributed by atoms with Crippen molar-refractivity contribution in [3.05, 3.63) is 52.1 Å². The average Bonchev–Trinajstić information content (AvgIpc) is 3.16. The van der Waals surface area contributed by atoms with Crippen LogP contribution in [0.5, 0.6) is 0 Å². The lowest BCUT2D eigenvalue weighted by molar-refractivity contribution is 0.240. The predicted octanol–water partition coefficient (Wildman–Crippen LogP) is 3.54. The molecule has 5 nitrogen and oxygen atoms in total. The molecule has 2 amide bonds. The van der Waals surface area contributed by atoms with Crippen molar-refractivity contribution in [2.75, 3.05) is 6.54 Å². The maximum atomic E-state index is 11.9. The number of rotatable bonds is 5. The standard InChI is InChI=1S/C17H20N4OS/c1-11(16-18-9-12(2)23-16)8-19-17(22)20-10-14-7-13-5-3-4-6-15(13)21-14/h3-7,9,11,21H,8,10H2,1-2H3,(H2,19,20,22)/t11-/m1/s1. The summed E-state index contributed by atoms with van der Waals surface area (Å²) < 4.78 is 0. The normalized spacial score (nSPS) is 12.3. The molecule has 0 saturated heterocycles. The number of thiazole rings is 1. The zero-order chi connectivity index (χ0) is 16.2. The third-order valence-corrected chi connectivity index (χ3v) is 4.80. The van der Waals surface area contributed by atoms with Crippen LogP contribution in [0.15, 0.2) is 36.5 Å². The van der Waals surface area contributed by atoms with Crippen LogP contribution in [0.4, 0.5) is 4.79 Å². The smallest absolute Gasteiger partial charge is 0.315 e. The second-order valence-corrected chi connectivity index (χ2v) is 6.92. The predicted molar refractivity (Wildman–Crippen MR) is 93.8 cm³/mol. The van der Waals surface area contributed by atoms with Gasteiger partial charge in [0.05, 0.1) is 11.6 Å². The molecule has 6 heteroatoms. The summed E-state index contributed by atoms with van der Waals surface area (Å²) in [4.78, 5) is 20.8. The molecule has 0 aliphatic carbocycles. The molecule has 0 spiro atoms. The van der Waals surface area contributed by atoms with Gasteiger partial charge in [-0.1, -0.05) is 25.1 Å². The number of benzene rings is 1. The van der Waals surface area contributed by atoms with E-state index in [1.165, 1.54) is 4.88 Å². The lowest BCUT2D eigenvalue weighted by Crippen LogP contribution is -2.37. The van der Waals surface area contributed by atoms with Crippen LogP contribution in [-0.4, -0.2) is 22.5 Å². The van der Waals surface area contributed by atoms with Crippen LogP contribution in [0.2, 0.25) is 0 Å². The van der Waals surface area contributed by atoms with Crippen molar-refractivity contribution in [1.82, 2.24) is 20.6 Å². The summed E-state index contributed by atoms with van der Waals surface area (Å²) in [6, 6.07) is 9.95. The zero-order valence-electron chi connectivity index (χ0n) is 13.2. The van der Waals surface area contributed by atoms with E-state index in [1.807, 2.05) is 37.4 Å². The fourth-order valence-electron chi connectivity index (χ4n) is 2.40. The molecule has 3 aromatic rings. The number of H-pyrrole nitrogens is 1. The molecule has 23 heavy (non-hydrogen) atoms. The molecule has 3 N–H and O–H groups in total. The molecular weight excluding hydrogens is 308 g/mol. The molecule has 0 saturated carbocycles. The number of aromatic amines is 1. The molecule has 0 unspecified atom stereocenters. The third kappa shape index (κ3) is 3.90. The Balaban J connectivity index is 1.47. The molecule has 0 fully saturated rings. The molecule has 0 aliphatic heterocycles. The Morgan fingerprint density at radius 1 is 1.35 bits per heavy atom. The first-order valence-electron chi connectivity index (χ1n) is 7.62. The van der Waals surface area contributed by atoms with E-state index >= 15 is 0 Å². The first kappa shape index (κ1) is 15.6. The Bertz CT molecular complexity index is 775. The highest BCUT2D eigenvalue weighted by Crippen LogP contribution is 2.20. The number of carbonyl (C=O) groups excluding carboxylic acids is 1. The number of carbonyl (C=O) groups is 1. The van der Waals surface area contributed by atoms with Crippen molar-refractivity contribution in [2.45, 2.75) is 26.3 Å². The van der Waals surface area contributed by atoms with E-state index < -0.39 is 0 Å². The van der Waals surface area contributed by atoms with E-state index in [0.717, 1.165) is 21.6 Å². The van der Waals surface area contributed by atoms with Gasteiger partial charge < -0.3 is 15.6 Å². The Kier molecular flexibility index (Phi) is 4.62. The number of aryl methyl sites for hydroxylation is 1. The highest BCUT2D eigenvalue weighted by molar-refractivity contribution is 7.11. The van der Waals surface area contributed by atoms with Gasteiger partial charge in [-0.25, -0.2) is 9.78 Å². The fraction of sp³-hybridized carbons (Fsp3) is 0.294. The van der Waals surface area contributed by atoms with Gasteiger partial charge >= 0.3 is 6.03 Å². The van der Waals surface area contributed by atoms with Gasteiger partial charge in [-0.3, -0.25) is 0 Å². The van der Waals surface area contributed by atoms with Crippen molar-refractivity contribution in [3.8, 4) is 0 Å². The third-order valence-electron chi connectivity index (χ3n) is 3.65. The maximum Gasteiger partial charge on any atom is 0.315 e. The molecular formula is C17H20N4OS. The summed E-state index contributed by atoms with van der Waals surface area (Å²) in [5.41, 5.74) is 2.07. The average molecular weight is 328 g/mol. The van der Waals surface area contributed by atoms with E-state index in [2.05, 4.69) is 33.6 Å². The summed E-state index contributed by atoms with van der Waals surface area (Å²) in [6.45, 7) is 5.15. The van der Waals surface area contributed by atoms with Crippen LogP contribution in [0.3, 0.4) is 0 Å². The molecule has 0 radical (unpaired) electrons. The van der Waals surface area contributed by atoms with Crippen molar-refractivity contribution in [1.29, 1.82) is 0 Å². The van der Waals surface area contributed by atoms with Crippen molar-refractivity contribution in [2.24, 2.45) is 0 Å². The highest BCUT2D eigenvalue weighted by Gasteiger charge is 2.11. The van der Waals surface area contributed by atoms with E-state index in [4.69, 9.17) is 0 Å². The molecule has 1 aromatic carbocycles. The van der Waals surface area contributed by atoms with Gasteiger partial charge in [0.2, 0.25) is 0 Å². The molecule has 0 bridgehead atoms. The van der Waals surface area contributed by atoms with Crippen LogP contribution < -0.4 is 10.6 Å². The van der Waals surface area contributed by atoms with Crippen molar-refractivity contribution in [3.63, 3.8) is 0 Å². The minimum absolute atomic E-state index is 0.163. The van der Waals surface area contributed by atoms with Gasteiger partial charge in [-0.15, -0.1) is 11.3 Å². The maximum absolute atomic E-state index is 11.9. The molecule has 2 aromatic heterocycles. The Morgan fingerprint density at radius 2 is 2.17 bits per heavy atom.